The molecule has 0 fully saturated rings. The van der Waals surface area contributed by atoms with Crippen LogP contribution in [0.2, 0.25) is 0 Å². The minimum absolute atomic E-state index is 0.0222. The third-order valence-corrected chi connectivity index (χ3v) is 5.43. The fourth-order valence-corrected chi connectivity index (χ4v) is 3.74. The minimum Gasteiger partial charge on any atom is -0.507 e. The maximum Gasteiger partial charge on any atom is 0.265 e. The van der Waals surface area contributed by atoms with Crippen molar-refractivity contribution in [3.05, 3.63) is 96.3 Å². The summed E-state index contributed by atoms with van der Waals surface area (Å²) < 4.78 is 21.8. The molecule has 0 aliphatic heterocycles. The van der Waals surface area contributed by atoms with Crippen LogP contribution in [0.1, 0.15) is 20.7 Å². The van der Waals surface area contributed by atoms with Gasteiger partial charge in [-0.05, 0) is 42.5 Å². The zero-order valence-corrected chi connectivity index (χ0v) is 16.9. The Morgan fingerprint density at radius 2 is 1.59 bits per heavy atom. The summed E-state index contributed by atoms with van der Waals surface area (Å²) in [6.07, 6.45) is 6.22. The zero-order valence-electron chi connectivity index (χ0n) is 16.9. The molecule has 5 aromatic rings. The van der Waals surface area contributed by atoms with Gasteiger partial charge in [-0.1, -0.05) is 12.1 Å². The van der Waals surface area contributed by atoms with Crippen LogP contribution in [0, 0.1) is 5.82 Å². The second-order valence-corrected chi connectivity index (χ2v) is 7.41. The lowest BCUT2D eigenvalue weighted by atomic mass is 10.1. The Morgan fingerprint density at radius 3 is 2.38 bits per heavy atom. The highest BCUT2D eigenvalue weighted by atomic mass is 19.1. The van der Waals surface area contributed by atoms with E-state index in [4.69, 9.17) is 4.74 Å². The molecule has 2 aromatic heterocycles. The van der Waals surface area contributed by atoms with E-state index in [0.717, 1.165) is 10.8 Å². The van der Waals surface area contributed by atoms with Crippen molar-refractivity contribution < 1.29 is 23.8 Å². The van der Waals surface area contributed by atoms with Crippen molar-refractivity contribution in [2.75, 3.05) is 7.11 Å². The smallest absolute Gasteiger partial charge is 0.265 e. The molecule has 1 N–H and O–H groups in total. The lowest BCUT2D eigenvalue weighted by Gasteiger charge is -2.08. The van der Waals surface area contributed by atoms with Gasteiger partial charge in [0, 0.05) is 51.9 Å². The predicted molar refractivity (Wildman–Crippen MR) is 118 cm³/mol. The molecule has 158 valence electrons. The van der Waals surface area contributed by atoms with Crippen molar-refractivity contribution in [2.24, 2.45) is 0 Å². The van der Waals surface area contributed by atoms with Gasteiger partial charge in [0.1, 0.15) is 17.3 Å². The third-order valence-electron chi connectivity index (χ3n) is 5.43. The SMILES string of the molecule is COc1ccc2cn(C(=O)c3cc(C(=O)n4cc5cccc(F)c5c4)ccc3O)cc2c1. The Morgan fingerprint density at radius 1 is 0.844 bits per heavy atom. The molecule has 0 radical (unpaired) electrons. The van der Waals surface area contributed by atoms with Crippen molar-refractivity contribution in [3.8, 4) is 11.5 Å². The number of aromatic hydroxyl groups is 1. The van der Waals surface area contributed by atoms with Gasteiger partial charge in [0.05, 0.1) is 12.7 Å². The summed E-state index contributed by atoms with van der Waals surface area (Å²) in [7, 11) is 1.56. The third kappa shape index (κ3) is 3.20. The van der Waals surface area contributed by atoms with Gasteiger partial charge in [-0.3, -0.25) is 18.7 Å². The Balaban J connectivity index is 1.52. The van der Waals surface area contributed by atoms with Gasteiger partial charge in [0.2, 0.25) is 0 Å². The number of carbonyl (C=O) groups is 2. The molecule has 2 heterocycles. The van der Waals surface area contributed by atoms with E-state index in [0.29, 0.717) is 16.5 Å². The normalized spacial score (nSPS) is 11.2. The second kappa shape index (κ2) is 7.39. The highest BCUT2D eigenvalue weighted by molar-refractivity contribution is 6.05. The van der Waals surface area contributed by atoms with Gasteiger partial charge in [-0.25, -0.2) is 4.39 Å². The fraction of sp³-hybridized carbons (Fsp3) is 0.0400. The summed E-state index contributed by atoms with van der Waals surface area (Å²) in [5, 5.41) is 12.8. The number of phenols is 1. The molecule has 0 aliphatic carbocycles. The number of rotatable bonds is 3. The summed E-state index contributed by atoms with van der Waals surface area (Å²) >= 11 is 0. The first-order valence-corrected chi connectivity index (χ1v) is 9.79. The van der Waals surface area contributed by atoms with Crippen LogP contribution < -0.4 is 4.74 Å². The van der Waals surface area contributed by atoms with Gasteiger partial charge in [-0.2, -0.15) is 0 Å². The van der Waals surface area contributed by atoms with Gasteiger partial charge in [-0.15, -0.1) is 0 Å². The molecular formula is C25H17FN2O4. The van der Waals surface area contributed by atoms with E-state index in [2.05, 4.69) is 0 Å². The first kappa shape index (κ1) is 19.6. The Hall–Kier alpha value is -4.39. The predicted octanol–water partition coefficient (Wildman–Crippen LogP) is 4.83. The standard InChI is InChI=1S/C25H17FN2O4/c1-32-19-7-5-16-11-27(13-18(16)9-19)25(31)20-10-15(6-8-23(20)29)24(30)28-12-17-3-2-4-22(26)21(17)14-28/h2-14,29H,1H3. The number of fused-ring (bicyclic) bond motifs is 2. The number of hydrogen-bond acceptors (Lipinski definition) is 4. The van der Waals surface area contributed by atoms with E-state index in [1.165, 1.54) is 45.8 Å². The quantitative estimate of drug-likeness (QED) is 0.447. The number of benzene rings is 3. The first-order valence-electron chi connectivity index (χ1n) is 9.79. The average molecular weight is 428 g/mol. The number of phenolic OH excluding ortho intramolecular Hbond substituents is 1. The highest BCUT2D eigenvalue weighted by Gasteiger charge is 2.19. The van der Waals surface area contributed by atoms with E-state index < -0.39 is 17.6 Å². The number of aromatic nitrogens is 2. The molecule has 5 rings (SSSR count). The first-order chi connectivity index (χ1) is 15.4. The Kier molecular flexibility index (Phi) is 4.52. The van der Waals surface area contributed by atoms with Crippen LogP contribution in [0.5, 0.6) is 11.5 Å². The molecule has 32 heavy (non-hydrogen) atoms. The van der Waals surface area contributed by atoms with E-state index in [-0.39, 0.29) is 16.9 Å². The number of halogens is 1. The lowest BCUT2D eigenvalue weighted by molar-refractivity contribution is 0.0958. The summed E-state index contributed by atoms with van der Waals surface area (Å²) in [6.45, 7) is 0. The molecule has 0 aliphatic rings. The number of ether oxygens (including phenoxy) is 1. The zero-order chi connectivity index (χ0) is 22.4. The number of methoxy groups -OCH3 is 1. The summed E-state index contributed by atoms with van der Waals surface area (Å²) in [5.74, 6) is -0.945. The monoisotopic (exact) mass is 428 g/mol. The lowest BCUT2D eigenvalue weighted by Crippen LogP contribution is -2.14. The molecule has 0 spiro atoms. The highest BCUT2D eigenvalue weighted by Crippen LogP contribution is 2.26. The number of hydrogen-bond donors (Lipinski definition) is 1. The average Bonchev–Trinajstić information content (AvgIpc) is 3.43. The molecule has 3 aromatic carbocycles. The largest absolute Gasteiger partial charge is 0.507 e. The van der Waals surface area contributed by atoms with Crippen molar-refractivity contribution in [3.63, 3.8) is 0 Å². The van der Waals surface area contributed by atoms with Gasteiger partial charge in [0.25, 0.3) is 11.8 Å². The molecule has 0 atom stereocenters. The van der Waals surface area contributed by atoms with Crippen LogP contribution >= 0.6 is 0 Å². The fourth-order valence-electron chi connectivity index (χ4n) is 3.74. The summed E-state index contributed by atoms with van der Waals surface area (Å²) in [5.41, 5.74) is 0.163. The van der Waals surface area contributed by atoms with Gasteiger partial charge < -0.3 is 9.84 Å². The van der Waals surface area contributed by atoms with Gasteiger partial charge in [0.15, 0.2) is 0 Å². The van der Waals surface area contributed by atoms with Crippen LogP contribution in [-0.2, 0) is 0 Å². The molecule has 0 amide bonds. The van der Waals surface area contributed by atoms with E-state index in [1.807, 2.05) is 6.07 Å². The molecule has 0 saturated carbocycles. The van der Waals surface area contributed by atoms with E-state index >= 15 is 0 Å². The molecular weight excluding hydrogens is 411 g/mol. The van der Waals surface area contributed by atoms with Crippen LogP contribution in [0.4, 0.5) is 4.39 Å². The Bertz CT molecular complexity index is 1530. The second-order valence-electron chi connectivity index (χ2n) is 7.41. The van der Waals surface area contributed by atoms with Crippen LogP contribution in [0.15, 0.2) is 79.4 Å². The maximum absolute atomic E-state index is 14.0. The number of carbonyl (C=O) groups excluding carboxylic acids is 2. The molecule has 0 bridgehead atoms. The van der Waals surface area contributed by atoms with Crippen molar-refractivity contribution in [1.82, 2.24) is 9.13 Å². The van der Waals surface area contributed by atoms with E-state index in [1.54, 1.807) is 43.8 Å². The summed E-state index contributed by atoms with van der Waals surface area (Å²) in [4.78, 5) is 26.1. The van der Waals surface area contributed by atoms with Gasteiger partial charge >= 0.3 is 0 Å². The van der Waals surface area contributed by atoms with Crippen LogP contribution in [-0.4, -0.2) is 33.2 Å². The summed E-state index contributed by atoms with van der Waals surface area (Å²) in [6, 6.07) is 14.1. The molecule has 0 unspecified atom stereocenters. The van der Waals surface area contributed by atoms with Crippen LogP contribution in [0.3, 0.4) is 0 Å². The van der Waals surface area contributed by atoms with Crippen LogP contribution in [0.25, 0.3) is 21.5 Å². The van der Waals surface area contributed by atoms with Crippen molar-refractivity contribution in [1.29, 1.82) is 0 Å². The minimum atomic E-state index is -0.490. The maximum atomic E-state index is 14.0. The van der Waals surface area contributed by atoms with Crippen molar-refractivity contribution in [2.45, 2.75) is 0 Å². The van der Waals surface area contributed by atoms with Crippen molar-refractivity contribution >= 4 is 33.4 Å². The molecule has 0 saturated heterocycles. The molecule has 7 heteroatoms. The Labute approximate surface area is 181 Å². The molecule has 6 nitrogen and oxygen atoms in total. The number of nitrogens with zero attached hydrogens (tertiary/aromatic N) is 2. The van der Waals surface area contributed by atoms with E-state index in [9.17, 15) is 19.1 Å². The topological polar surface area (TPSA) is 73.5 Å².